The van der Waals surface area contributed by atoms with Crippen LogP contribution in [0.3, 0.4) is 0 Å². The average Bonchev–Trinajstić information content (AvgIpc) is 3.14. The Morgan fingerprint density at radius 1 is 1.29 bits per heavy atom. The van der Waals surface area contributed by atoms with Crippen LogP contribution in [0.1, 0.15) is 36.4 Å². The van der Waals surface area contributed by atoms with Crippen molar-refractivity contribution in [1.29, 1.82) is 0 Å². The smallest absolute Gasteiger partial charge is 0.238 e. The van der Waals surface area contributed by atoms with E-state index in [4.69, 9.17) is 0 Å². The predicted octanol–water partition coefficient (Wildman–Crippen LogP) is 1.15. The van der Waals surface area contributed by atoms with Crippen LogP contribution in [0.15, 0.2) is 24.3 Å². The quantitative estimate of drug-likeness (QED) is 0.764. The minimum atomic E-state index is -0.507. The number of fused-ring (bicyclic) bond motifs is 2. The van der Waals surface area contributed by atoms with Gasteiger partial charge in [0.2, 0.25) is 5.91 Å². The van der Waals surface area contributed by atoms with Crippen molar-refractivity contribution >= 4 is 5.91 Å². The van der Waals surface area contributed by atoms with Crippen LogP contribution in [0, 0.1) is 11.8 Å². The lowest BCUT2D eigenvalue weighted by Gasteiger charge is -2.23. The molecule has 0 spiro atoms. The minimum absolute atomic E-state index is 0.0603. The van der Waals surface area contributed by atoms with E-state index < -0.39 is 6.10 Å². The van der Waals surface area contributed by atoms with Crippen molar-refractivity contribution in [2.45, 2.75) is 43.9 Å². The Hall–Kier alpha value is -1.39. The van der Waals surface area contributed by atoms with Crippen LogP contribution in [0.25, 0.3) is 0 Å². The third kappa shape index (κ3) is 2.17. The second kappa shape index (κ2) is 5.11. The summed E-state index contributed by atoms with van der Waals surface area (Å²) < 4.78 is 0. The van der Waals surface area contributed by atoms with E-state index in [9.17, 15) is 9.90 Å². The molecule has 2 aliphatic carbocycles. The topological polar surface area (TPSA) is 61.4 Å². The van der Waals surface area contributed by atoms with Crippen LogP contribution in [-0.2, 0) is 11.2 Å². The third-order valence-corrected chi connectivity index (χ3v) is 5.53. The Bertz CT molecular complexity index is 559. The molecule has 3 unspecified atom stereocenters. The maximum absolute atomic E-state index is 12.6. The Balaban J connectivity index is 1.50. The van der Waals surface area contributed by atoms with E-state index in [-0.39, 0.29) is 18.0 Å². The molecule has 21 heavy (non-hydrogen) atoms. The largest absolute Gasteiger partial charge is 0.390 e. The van der Waals surface area contributed by atoms with Gasteiger partial charge in [-0.2, -0.15) is 0 Å². The summed E-state index contributed by atoms with van der Waals surface area (Å²) >= 11 is 0. The van der Waals surface area contributed by atoms with E-state index in [0.717, 1.165) is 24.1 Å². The standard InChI is InChI=1S/C17H22N2O2/c20-14-8-10-4-1-2-6-12(10)15(14)19-17(21)16-13-7-3-5-11(13)9-18-16/h1-2,4,6,11,13-16,18,20H,3,5,7-9H2,(H,19,21)/t11?,13?,14-,15+,16?/m1/s1. The van der Waals surface area contributed by atoms with Gasteiger partial charge in [-0.3, -0.25) is 4.79 Å². The van der Waals surface area contributed by atoms with Gasteiger partial charge in [-0.25, -0.2) is 0 Å². The molecule has 1 heterocycles. The Labute approximate surface area is 124 Å². The van der Waals surface area contributed by atoms with E-state index in [2.05, 4.69) is 10.6 Å². The van der Waals surface area contributed by atoms with Gasteiger partial charge in [0.1, 0.15) is 0 Å². The summed E-state index contributed by atoms with van der Waals surface area (Å²) in [6.07, 6.45) is 3.77. The van der Waals surface area contributed by atoms with Crippen LogP contribution in [0.2, 0.25) is 0 Å². The molecule has 1 aliphatic heterocycles. The van der Waals surface area contributed by atoms with Gasteiger partial charge in [0.15, 0.2) is 0 Å². The summed E-state index contributed by atoms with van der Waals surface area (Å²) in [6, 6.07) is 7.67. The second-order valence-electron chi connectivity index (χ2n) is 6.70. The molecule has 1 aromatic rings. The van der Waals surface area contributed by atoms with Crippen LogP contribution >= 0.6 is 0 Å². The summed E-state index contributed by atoms with van der Waals surface area (Å²) in [5, 5.41) is 16.7. The zero-order chi connectivity index (χ0) is 14.4. The number of benzene rings is 1. The molecule has 4 heteroatoms. The molecule has 0 radical (unpaired) electrons. The van der Waals surface area contributed by atoms with Gasteiger partial charge in [-0.15, -0.1) is 0 Å². The van der Waals surface area contributed by atoms with Gasteiger partial charge in [0, 0.05) is 6.42 Å². The first kappa shape index (κ1) is 13.3. The van der Waals surface area contributed by atoms with Gasteiger partial charge < -0.3 is 15.7 Å². The highest BCUT2D eigenvalue weighted by molar-refractivity contribution is 5.83. The number of aliphatic hydroxyl groups excluding tert-OH is 1. The average molecular weight is 286 g/mol. The zero-order valence-electron chi connectivity index (χ0n) is 12.1. The number of rotatable bonds is 2. The van der Waals surface area contributed by atoms with Crippen molar-refractivity contribution in [2.75, 3.05) is 6.54 Å². The molecular weight excluding hydrogens is 264 g/mol. The number of carbonyl (C=O) groups is 1. The third-order valence-electron chi connectivity index (χ3n) is 5.53. The lowest BCUT2D eigenvalue weighted by Crippen LogP contribution is -2.46. The number of carbonyl (C=O) groups excluding carboxylic acids is 1. The maximum Gasteiger partial charge on any atom is 0.238 e. The molecule has 0 bridgehead atoms. The fraction of sp³-hybridized carbons (Fsp3) is 0.588. The van der Waals surface area contributed by atoms with Crippen LogP contribution < -0.4 is 10.6 Å². The molecule has 3 aliphatic rings. The molecule has 3 N–H and O–H groups in total. The van der Waals surface area contributed by atoms with E-state index in [1.165, 1.54) is 12.8 Å². The van der Waals surface area contributed by atoms with Gasteiger partial charge in [-0.1, -0.05) is 30.7 Å². The van der Waals surface area contributed by atoms with Crippen LogP contribution in [0.5, 0.6) is 0 Å². The van der Waals surface area contributed by atoms with Gasteiger partial charge in [-0.05, 0) is 42.3 Å². The summed E-state index contributed by atoms with van der Waals surface area (Å²) in [4.78, 5) is 12.6. The molecule has 2 fully saturated rings. The molecule has 1 aromatic carbocycles. The highest BCUT2D eigenvalue weighted by Gasteiger charge is 2.43. The van der Waals surface area contributed by atoms with Crippen molar-refractivity contribution < 1.29 is 9.90 Å². The first-order valence-electron chi connectivity index (χ1n) is 8.03. The van der Waals surface area contributed by atoms with E-state index in [1.54, 1.807) is 0 Å². The maximum atomic E-state index is 12.6. The lowest BCUT2D eigenvalue weighted by molar-refractivity contribution is -0.125. The predicted molar refractivity (Wildman–Crippen MR) is 79.7 cm³/mol. The monoisotopic (exact) mass is 286 g/mol. The SMILES string of the molecule is O=C(N[C@H]1c2ccccc2C[C@H]1O)C1NCC2CCCC21. The first-order chi connectivity index (χ1) is 10.2. The van der Waals surface area contributed by atoms with E-state index in [1.807, 2.05) is 24.3 Å². The first-order valence-corrected chi connectivity index (χ1v) is 8.03. The number of amides is 1. The van der Waals surface area contributed by atoms with Gasteiger partial charge in [0.25, 0.3) is 0 Å². The fourth-order valence-electron chi connectivity index (χ4n) is 4.47. The number of hydrogen-bond donors (Lipinski definition) is 3. The van der Waals surface area contributed by atoms with Crippen molar-refractivity contribution in [1.82, 2.24) is 10.6 Å². The number of hydrogen-bond acceptors (Lipinski definition) is 3. The van der Waals surface area contributed by atoms with Crippen LogP contribution in [-0.4, -0.2) is 29.7 Å². The fourth-order valence-corrected chi connectivity index (χ4v) is 4.47. The number of nitrogens with one attached hydrogen (secondary N) is 2. The van der Waals surface area contributed by atoms with E-state index in [0.29, 0.717) is 18.3 Å². The molecule has 1 saturated heterocycles. The summed E-state index contributed by atoms with van der Waals surface area (Å²) in [5.41, 5.74) is 2.22. The summed E-state index contributed by atoms with van der Waals surface area (Å²) in [6.45, 7) is 0.965. The van der Waals surface area contributed by atoms with Crippen molar-refractivity contribution in [3.63, 3.8) is 0 Å². The molecule has 1 saturated carbocycles. The van der Waals surface area contributed by atoms with E-state index >= 15 is 0 Å². The molecule has 5 atom stereocenters. The molecule has 1 amide bonds. The van der Waals surface area contributed by atoms with Gasteiger partial charge in [0.05, 0.1) is 18.2 Å². The Kier molecular flexibility index (Phi) is 3.23. The number of aliphatic hydroxyl groups is 1. The Morgan fingerprint density at radius 2 is 2.14 bits per heavy atom. The molecule has 0 aromatic heterocycles. The highest BCUT2D eigenvalue weighted by Crippen LogP contribution is 2.38. The molecule has 112 valence electrons. The second-order valence-corrected chi connectivity index (χ2v) is 6.70. The minimum Gasteiger partial charge on any atom is -0.390 e. The van der Waals surface area contributed by atoms with Crippen LogP contribution in [0.4, 0.5) is 0 Å². The summed E-state index contributed by atoms with van der Waals surface area (Å²) in [5.74, 6) is 1.21. The highest BCUT2D eigenvalue weighted by atomic mass is 16.3. The molecular formula is C17H22N2O2. The Morgan fingerprint density at radius 3 is 3.05 bits per heavy atom. The van der Waals surface area contributed by atoms with Crippen molar-refractivity contribution in [3.05, 3.63) is 35.4 Å². The van der Waals surface area contributed by atoms with Gasteiger partial charge >= 0.3 is 0 Å². The molecule has 4 rings (SSSR count). The summed E-state index contributed by atoms with van der Waals surface area (Å²) in [7, 11) is 0. The van der Waals surface area contributed by atoms with Crippen molar-refractivity contribution in [3.8, 4) is 0 Å². The molecule has 4 nitrogen and oxygen atoms in total. The normalized spacial score (nSPS) is 37.3. The van der Waals surface area contributed by atoms with Crippen molar-refractivity contribution in [2.24, 2.45) is 11.8 Å². The zero-order valence-corrected chi connectivity index (χ0v) is 12.1. The lowest BCUT2D eigenvalue weighted by atomic mass is 9.93.